The number of benzene rings is 2. The highest BCUT2D eigenvalue weighted by Crippen LogP contribution is 2.35. The number of aromatic hydroxyl groups is 1. The average molecular weight is 211 g/mol. The van der Waals surface area contributed by atoms with Gasteiger partial charge in [-0.15, -0.1) is 0 Å². The van der Waals surface area contributed by atoms with Gasteiger partial charge in [0.05, 0.1) is 6.04 Å². The molecule has 2 N–H and O–H groups in total. The molecule has 0 radical (unpaired) electrons. The van der Waals surface area contributed by atoms with Crippen molar-refractivity contribution in [2.45, 2.75) is 12.5 Å². The van der Waals surface area contributed by atoms with Gasteiger partial charge in [0.25, 0.3) is 0 Å². The van der Waals surface area contributed by atoms with Gasteiger partial charge in [-0.3, -0.25) is 0 Å². The fourth-order valence-electron chi connectivity index (χ4n) is 2.24. The first-order chi connectivity index (χ1) is 7.83. The van der Waals surface area contributed by atoms with Gasteiger partial charge in [-0.05, 0) is 35.7 Å². The van der Waals surface area contributed by atoms with E-state index in [-0.39, 0.29) is 0 Å². The molecule has 1 atom stereocenters. The Morgan fingerprint density at radius 2 is 1.88 bits per heavy atom. The molecule has 1 aliphatic heterocycles. The molecule has 1 aliphatic rings. The number of fused-ring (bicyclic) bond motifs is 1. The number of hydrogen-bond donors (Lipinski definition) is 2. The van der Waals surface area contributed by atoms with Crippen molar-refractivity contribution >= 4 is 5.69 Å². The van der Waals surface area contributed by atoms with Crippen LogP contribution in [0.25, 0.3) is 0 Å². The maximum Gasteiger partial charge on any atom is 0.116 e. The van der Waals surface area contributed by atoms with Gasteiger partial charge in [0.2, 0.25) is 0 Å². The molecule has 0 saturated carbocycles. The first-order valence-electron chi connectivity index (χ1n) is 5.46. The SMILES string of the molecule is Oc1ccc2c(c1)CC(c1ccccc1)N2. The summed E-state index contributed by atoms with van der Waals surface area (Å²) in [7, 11) is 0. The molecular weight excluding hydrogens is 198 g/mol. The van der Waals surface area contributed by atoms with Crippen molar-refractivity contribution in [1.82, 2.24) is 0 Å². The number of anilines is 1. The fourth-order valence-corrected chi connectivity index (χ4v) is 2.24. The lowest BCUT2D eigenvalue weighted by Crippen LogP contribution is -2.04. The van der Waals surface area contributed by atoms with Crippen LogP contribution in [0, 0.1) is 0 Å². The molecule has 0 aliphatic carbocycles. The summed E-state index contributed by atoms with van der Waals surface area (Å²) in [5.41, 5.74) is 3.61. The molecule has 0 bridgehead atoms. The first kappa shape index (κ1) is 9.28. The summed E-state index contributed by atoms with van der Waals surface area (Å²) in [6.45, 7) is 0. The van der Waals surface area contributed by atoms with Crippen LogP contribution in [-0.4, -0.2) is 5.11 Å². The molecule has 2 aromatic carbocycles. The summed E-state index contributed by atoms with van der Waals surface area (Å²) >= 11 is 0. The molecule has 2 nitrogen and oxygen atoms in total. The third-order valence-electron chi connectivity index (χ3n) is 3.04. The molecule has 0 aromatic heterocycles. The monoisotopic (exact) mass is 211 g/mol. The topological polar surface area (TPSA) is 32.3 Å². The Morgan fingerprint density at radius 1 is 1.06 bits per heavy atom. The van der Waals surface area contributed by atoms with E-state index < -0.39 is 0 Å². The number of phenolic OH excluding ortho intramolecular Hbond substituents is 1. The second-order valence-corrected chi connectivity index (χ2v) is 4.15. The predicted octanol–water partition coefficient (Wildman–Crippen LogP) is 3.10. The zero-order valence-electron chi connectivity index (χ0n) is 8.85. The Bertz CT molecular complexity index is 507. The minimum absolute atomic E-state index is 0.331. The van der Waals surface area contributed by atoms with Crippen molar-refractivity contribution < 1.29 is 5.11 Å². The zero-order valence-corrected chi connectivity index (χ0v) is 8.85. The Labute approximate surface area is 94.6 Å². The summed E-state index contributed by atoms with van der Waals surface area (Å²) in [4.78, 5) is 0. The smallest absolute Gasteiger partial charge is 0.116 e. The number of hydrogen-bond acceptors (Lipinski definition) is 2. The van der Waals surface area contributed by atoms with Crippen LogP contribution < -0.4 is 5.32 Å². The van der Waals surface area contributed by atoms with Crippen LogP contribution in [0.2, 0.25) is 0 Å². The quantitative estimate of drug-likeness (QED) is 0.710. The van der Waals surface area contributed by atoms with Crippen LogP contribution in [0.15, 0.2) is 48.5 Å². The van der Waals surface area contributed by atoms with E-state index in [2.05, 4.69) is 29.6 Å². The molecule has 0 amide bonds. The van der Waals surface area contributed by atoms with E-state index in [1.807, 2.05) is 18.2 Å². The summed E-state index contributed by atoms with van der Waals surface area (Å²) in [5.74, 6) is 0.342. The van der Waals surface area contributed by atoms with E-state index in [1.54, 1.807) is 6.07 Å². The summed E-state index contributed by atoms with van der Waals surface area (Å²) in [5, 5.41) is 12.9. The molecule has 1 heterocycles. The lowest BCUT2D eigenvalue weighted by Gasteiger charge is -2.10. The molecule has 0 fully saturated rings. The second kappa shape index (κ2) is 3.56. The lowest BCUT2D eigenvalue weighted by molar-refractivity contribution is 0.475. The highest BCUT2D eigenvalue weighted by molar-refractivity contribution is 5.60. The van der Waals surface area contributed by atoms with Crippen LogP contribution >= 0.6 is 0 Å². The van der Waals surface area contributed by atoms with Crippen LogP contribution in [-0.2, 0) is 6.42 Å². The standard InChI is InChI=1S/C14H13NO/c16-12-6-7-13-11(8-12)9-14(15-13)10-4-2-1-3-5-10/h1-8,14-16H,9H2. The van der Waals surface area contributed by atoms with Crippen LogP contribution in [0.3, 0.4) is 0 Å². The van der Waals surface area contributed by atoms with E-state index in [9.17, 15) is 5.11 Å². The molecule has 1 unspecified atom stereocenters. The lowest BCUT2D eigenvalue weighted by atomic mass is 10.0. The Hall–Kier alpha value is -1.96. The highest BCUT2D eigenvalue weighted by atomic mass is 16.3. The van der Waals surface area contributed by atoms with Gasteiger partial charge >= 0.3 is 0 Å². The van der Waals surface area contributed by atoms with Crippen molar-refractivity contribution in [1.29, 1.82) is 0 Å². The van der Waals surface area contributed by atoms with Crippen LogP contribution in [0.1, 0.15) is 17.2 Å². The molecule has 3 rings (SSSR count). The third kappa shape index (κ3) is 1.52. The summed E-state index contributed by atoms with van der Waals surface area (Å²) < 4.78 is 0. The third-order valence-corrected chi connectivity index (χ3v) is 3.04. The molecule has 80 valence electrons. The van der Waals surface area contributed by atoms with Crippen molar-refractivity contribution in [2.75, 3.05) is 5.32 Å². The van der Waals surface area contributed by atoms with E-state index >= 15 is 0 Å². The Balaban J connectivity index is 1.91. The second-order valence-electron chi connectivity index (χ2n) is 4.15. The molecule has 16 heavy (non-hydrogen) atoms. The first-order valence-corrected chi connectivity index (χ1v) is 5.46. The number of phenols is 1. The maximum atomic E-state index is 9.43. The minimum Gasteiger partial charge on any atom is -0.508 e. The van der Waals surface area contributed by atoms with Crippen molar-refractivity contribution in [3.63, 3.8) is 0 Å². The molecule has 2 heteroatoms. The van der Waals surface area contributed by atoms with E-state index in [0.717, 1.165) is 12.1 Å². The molecule has 0 spiro atoms. The van der Waals surface area contributed by atoms with Crippen molar-refractivity contribution in [2.24, 2.45) is 0 Å². The van der Waals surface area contributed by atoms with Gasteiger partial charge in [0.1, 0.15) is 5.75 Å². The Morgan fingerprint density at radius 3 is 2.69 bits per heavy atom. The number of nitrogens with one attached hydrogen (secondary N) is 1. The minimum atomic E-state index is 0.331. The molecular formula is C14H13NO. The predicted molar refractivity (Wildman–Crippen MR) is 64.6 cm³/mol. The van der Waals surface area contributed by atoms with Crippen molar-refractivity contribution in [3.8, 4) is 5.75 Å². The molecule has 0 saturated heterocycles. The maximum absolute atomic E-state index is 9.43. The van der Waals surface area contributed by atoms with Crippen molar-refractivity contribution in [3.05, 3.63) is 59.7 Å². The largest absolute Gasteiger partial charge is 0.508 e. The van der Waals surface area contributed by atoms with E-state index in [4.69, 9.17) is 0 Å². The van der Waals surface area contributed by atoms with Crippen LogP contribution in [0.4, 0.5) is 5.69 Å². The summed E-state index contributed by atoms with van der Waals surface area (Å²) in [6.07, 6.45) is 0.938. The normalized spacial score (nSPS) is 17.9. The van der Waals surface area contributed by atoms with Crippen LogP contribution in [0.5, 0.6) is 5.75 Å². The van der Waals surface area contributed by atoms with Gasteiger partial charge in [-0.1, -0.05) is 30.3 Å². The number of rotatable bonds is 1. The van der Waals surface area contributed by atoms with Gasteiger partial charge in [-0.2, -0.15) is 0 Å². The molecule has 2 aromatic rings. The highest BCUT2D eigenvalue weighted by Gasteiger charge is 2.21. The summed E-state index contributed by atoms with van der Waals surface area (Å²) in [6, 6.07) is 16.2. The van der Waals surface area contributed by atoms with Gasteiger partial charge in [-0.25, -0.2) is 0 Å². The zero-order chi connectivity index (χ0) is 11.0. The van der Waals surface area contributed by atoms with Gasteiger partial charge in [0, 0.05) is 5.69 Å². The Kier molecular flexibility index (Phi) is 2.07. The van der Waals surface area contributed by atoms with Gasteiger partial charge in [0.15, 0.2) is 0 Å². The van der Waals surface area contributed by atoms with E-state index in [1.165, 1.54) is 11.1 Å². The average Bonchev–Trinajstić information content (AvgIpc) is 2.73. The fraction of sp³-hybridized carbons (Fsp3) is 0.143. The van der Waals surface area contributed by atoms with E-state index in [0.29, 0.717) is 11.8 Å². The van der Waals surface area contributed by atoms with Gasteiger partial charge < -0.3 is 10.4 Å².